The van der Waals surface area contributed by atoms with Crippen molar-refractivity contribution < 1.29 is 4.74 Å². The minimum absolute atomic E-state index is 0.103. The first-order valence-electron chi connectivity index (χ1n) is 6.53. The molecule has 5 nitrogen and oxygen atoms in total. The smallest absolute Gasteiger partial charge is 0.207 e. The van der Waals surface area contributed by atoms with Crippen LogP contribution in [0.5, 0.6) is 0 Å². The van der Waals surface area contributed by atoms with Gasteiger partial charge in [0.25, 0.3) is 0 Å². The first-order valence-corrected chi connectivity index (χ1v) is 6.53. The largest absolute Gasteiger partial charge is 0.368 e. The molecule has 20 heavy (non-hydrogen) atoms. The van der Waals surface area contributed by atoms with E-state index < -0.39 is 16.4 Å². The van der Waals surface area contributed by atoms with Crippen LogP contribution in [-0.4, -0.2) is 12.2 Å². The summed E-state index contributed by atoms with van der Waals surface area (Å²) >= 11 is 0. The van der Waals surface area contributed by atoms with Gasteiger partial charge in [-0.05, 0) is 26.2 Å². The van der Waals surface area contributed by atoms with Crippen LogP contribution in [0.4, 0.5) is 0 Å². The monoisotopic (exact) mass is 266 g/mol. The number of rotatable bonds is 0. The first kappa shape index (κ1) is 14.1. The second-order valence-electron chi connectivity index (χ2n) is 5.47. The molecule has 0 unspecified atom stereocenters. The maximum absolute atomic E-state index is 9.66. The predicted octanol–water partition coefficient (Wildman–Crippen LogP) is 2.34. The van der Waals surface area contributed by atoms with Crippen LogP contribution in [0.3, 0.4) is 0 Å². The Bertz CT molecular complexity index is 586. The normalized spacial score (nSPS) is 30.1. The molecule has 0 radical (unpaired) electrons. The van der Waals surface area contributed by atoms with Crippen molar-refractivity contribution in [3.05, 3.63) is 11.6 Å². The van der Waals surface area contributed by atoms with Crippen molar-refractivity contribution in [3.8, 4) is 24.3 Å². The van der Waals surface area contributed by atoms with E-state index >= 15 is 0 Å². The van der Waals surface area contributed by atoms with Crippen molar-refractivity contribution in [3.63, 3.8) is 0 Å². The van der Waals surface area contributed by atoms with Crippen molar-refractivity contribution in [2.24, 2.45) is 10.8 Å². The van der Waals surface area contributed by atoms with Crippen molar-refractivity contribution in [1.82, 2.24) is 0 Å². The van der Waals surface area contributed by atoms with Crippen LogP contribution in [-0.2, 0) is 4.74 Å². The fourth-order valence-electron chi connectivity index (χ4n) is 3.37. The SMILES string of the molecule is CC1=C[C@]2(CCCCO2)C(C#N)(C#N)C(C#N)(C#N)C1. The lowest BCUT2D eigenvalue weighted by atomic mass is 9.51. The van der Waals surface area contributed by atoms with Gasteiger partial charge in [-0.25, -0.2) is 0 Å². The van der Waals surface area contributed by atoms with Crippen molar-refractivity contribution in [1.29, 1.82) is 21.0 Å². The molecule has 0 amide bonds. The summed E-state index contributed by atoms with van der Waals surface area (Å²) < 4.78 is 5.81. The maximum atomic E-state index is 9.66. The minimum Gasteiger partial charge on any atom is -0.368 e. The van der Waals surface area contributed by atoms with E-state index in [0.29, 0.717) is 13.0 Å². The number of ether oxygens (including phenoxy) is 1. The van der Waals surface area contributed by atoms with Crippen LogP contribution < -0.4 is 0 Å². The molecule has 0 saturated carbocycles. The van der Waals surface area contributed by atoms with Gasteiger partial charge in [-0.2, -0.15) is 21.0 Å². The zero-order valence-electron chi connectivity index (χ0n) is 11.3. The zero-order chi connectivity index (χ0) is 14.9. The van der Waals surface area contributed by atoms with Gasteiger partial charge < -0.3 is 4.74 Å². The summed E-state index contributed by atoms with van der Waals surface area (Å²) in [6.07, 6.45) is 4.03. The van der Waals surface area contributed by atoms with E-state index in [-0.39, 0.29) is 6.42 Å². The third-order valence-electron chi connectivity index (χ3n) is 4.32. The third-order valence-corrected chi connectivity index (χ3v) is 4.32. The van der Waals surface area contributed by atoms with Gasteiger partial charge >= 0.3 is 0 Å². The summed E-state index contributed by atoms with van der Waals surface area (Å²) in [5.74, 6) is 0. The van der Waals surface area contributed by atoms with Crippen molar-refractivity contribution in [2.45, 2.75) is 38.2 Å². The highest BCUT2D eigenvalue weighted by Crippen LogP contribution is 2.58. The Morgan fingerprint density at radius 3 is 2.15 bits per heavy atom. The molecule has 0 bridgehead atoms. The average Bonchev–Trinajstić information content (AvgIpc) is 2.47. The standard InChI is InChI=1S/C15H14N4O/c1-12-6-13(8-16,9-17)14(10-18,11-19)15(7-12)4-2-3-5-20-15/h7H,2-6H2,1H3/t15-/m1/s1. The van der Waals surface area contributed by atoms with E-state index in [1.54, 1.807) is 6.08 Å². The van der Waals surface area contributed by atoms with Crippen LogP contribution in [0, 0.1) is 56.2 Å². The topological polar surface area (TPSA) is 104 Å². The highest BCUT2D eigenvalue weighted by molar-refractivity contribution is 5.47. The molecule has 5 heteroatoms. The summed E-state index contributed by atoms with van der Waals surface area (Å²) in [4.78, 5) is 0. The molecule has 1 spiro atoms. The Morgan fingerprint density at radius 1 is 1.05 bits per heavy atom. The zero-order valence-corrected chi connectivity index (χ0v) is 11.3. The van der Waals surface area contributed by atoms with Gasteiger partial charge in [-0.1, -0.05) is 11.6 Å². The van der Waals surface area contributed by atoms with Gasteiger partial charge in [0, 0.05) is 13.0 Å². The van der Waals surface area contributed by atoms with E-state index in [9.17, 15) is 21.0 Å². The van der Waals surface area contributed by atoms with Crippen LogP contribution in [0.25, 0.3) is 0 Å². The quantitative estimate of drug-likeness (QED) is 0.626. The Morgan fingerprint density at radius 2 is 1.70 bits per heavy atom. The molecule has 0 aromatic carbocycles. The minimum atomic E-state index is -1.79. The molecule has 0 N–H and O–H groups in total. The lowest BCUT2D eigenvalue weighted by molar-refractivity contribution is -0.115. The fourth-order valence-corrected chi connectivity index (χ4v) is 3.37. The van der Waals surface area contributed by atoms with Crippen molar-refractivity contribution in [2.75, 3.05) is 6.61 Å². The van der Waals surface area contributed by atoms with Gasteiger partial charge in [0.1, 0.15) is 5.60 Å². The lowest BCUT2D eigenvalue weighted by Gasteiger charge is -2.50. The highest BCUT2D eigenvalue weighted by atomic mass is 16.5. The molecule has 0 aromatic rings. The van der Waals surface area contributed by atoms with Gasteiger partial charge in [-0.3, -0.25) is 0 Å². The van der Waals surface area contributed by atoms with E-state index in [4.69, 9.17) is 4.74 Å². The second kappa shape index (κ2) is 4.64. The van der Waals surface area contributed by atoms with Gasteiger partial charge in [-0.15, -0.1) is 0 Å². The number of hydrogen-bond donors (Lipinski definition) is 0. The highest BCUT2D eigenvalue weighted by Gasteiger charge is 2.68. The van der Waals surface area contributed by atoms with E-state index in [1.807, 2.05) is 31.2 Å². The average molecular weight is 266 g/mol. The number of allylic oxidation sites excluding steroid dienone is 1. The number of nitrogens with zero attached hydrogens (tertiary/aromatic N) is 4. The maximum Gasteiger partial charge on any atom is 0.207 e. The molecule has 1 saturated heterocycles. The van der Waals surface area contributed by atoms with Crippen LogP contribution >= 0.6 is 0 Å². The Hall–Kier alpha value is -2.34. The lowest BCUT2D eigenvalue weighted by Crippen LogP contribution is -2.60. The molecule has 1 aliphatic carbocycles. The van der Waals surface area contributed by atoms with Crippen LogP contribution in [0.15, 0.2) is 11.6 Å². The predicted molar refractivity (Wildman–Crippen MR) is 68.2 cm³/mol. The fraction of sp³-hybridized carbons (Fsp3) is 0.600. The summed E-state index contributed by atoms with van der Waals surface area (Å²) in [5.41, 5.74) is -3.81. The Kier molecular flexibility index (Phi) is 3.27. The molecular weight excluding hydrogens is 252 g/mol. The molecule has 100 valence electrons. The summed E-state index contributed by atoms with van der Waals surface area (Å²) in [7, 11) is 0. The molecule has 1 atom stereocenters. The number of nitriles is 4. The molecule has 0 aromatic heterocycles. The van der Waals surface area contributed by atoms with Gasteiger partial charge in [0.2, 0.25) is 5.41 Å². The van der Waals surface area contributed by atoms with E-state index in [0.717, 1.165) is 18.4 Å². The summed E-state index contributed by atoms with van der Waals surface area (Å²) in [5, 5.41) is 38.3. The number of hydrogen-bond acceptors (Lipinski definition) is 5. The van der Waals surface area contributed by atoms with Crippen molar-refractivity contribution >= 4 is 0 Å². The van der Waals surface area contributed by atoms with E-state index in [1.165, 1.54) is 0 Å². The molecular formula is C15H14N4O. The summed E-state index contributed by atoms with van der Waals surface area (Å²) in [6.45, 7) is 2.24. The Balaban J connectivity index is 2.77. The van der Waals surface area contributed by atoms with Gasteiger partial charge in [0.05, 0.1) is 24.3 Å². The molecule has 1 aliphatic heterocycles. The van der Waals surface area contributed by atoms with E-state index in [2.05, 4.69) is 0 Å². The third kappa shape index (κ3) is 1.48. The Labute approximate surface area is 118 Å². The van der Waals surface area contributed by atoms with Gasteiger partial charge in [0.15, 0.2) is 5.41 Å². The summed E-state index contributed by atoms with van der Waals surface area (Å²) in [6, 6.07) is 7.80. The van der Waals surface area contributed by atoms with Crippen LogP contribution in [0.2, 0.25) is 0 Å². The first-order chi connectivity index (χ1) is 9.55. The molecule has 1 heterocycles. The molecule has 1 fully saturated rings. The molecule has 2 aliphatic rings. The van der Waals surface area contributed by atoms with Crippen LogP contribution in [0.1, 0.15) is 32.6 Å². The molecule has 2 rings (SSSR count). The second-order valence-corrected chi connectivity index (χ2v) is 5.47.